The number of hydrogen-bond donors (Lipinski definition) is 0. The highest BCUT2D eigenvalue weighted by Crippen LogP contribution is 2.29. The number of rotatable bonds is 5. The molecule has 6 nitrogen and oxygen atoms in total. The lowest BCUT2D eigenvalue weighted by atomic mass is 10.2. The van der Waals surface area contributed by atoms with Crippen LogP contribution in [0.2, 0.25) is 0 Å². The molecule has 1 saturated carbocycles. The van der Waals surface area contributed by atoms with Crippen molar-refractivity contribution in [1.29, 1.82) is 5.26 Å². The summed E-state index contributed by atoms with van der Waals surface area (Å²) in [6.45, 7) is 0.667. The van der Waals surface area contributed by atoms with Crippen LogP contribution >= 0.6 is 0 Å². The van der Waals surface area contributed by atoms with Crippen molar-refractivity contribution in [2.24, 2.45) is 0 Å². The van der Waals surface area contributed by atoms with Gasteiger partial charge in [0.25, 0.3) is 5.91 Å². The molecule has 1 aromatic rings. The lowest BCUT2D eigenvalue weighted by Crippen LogP contribution is -2.34. The van der Waals surface area contributed by atoms with Crippen LogP contribution in [0.5, 0.6) is 0 Å². The second-order valence-corrected chi connectivity index (χ2v) is 7.99. The van der Waals surface area contributed by atoms with Gasteiger partial charge in [-0.2, -0.15) is 9.57 Å². The van der Waals surface area contributed by atoms with Crippen molar-refractivity contribution < 1.29 is 17.6 Å². The van der Waals surface area contributed by atoms with Crippen molar-refractivity contribution in [3.63, 3.8) is 0 Å². The Morgan fingerprint density at radius 2 is 2.00 bits per heavy atom. The maximum absolute atomic E-state index is 14.1. The summed E-state index contributed by atoms with van der Waals surface area (Å²) in [7, 11) is -3.95. The lowest BCUT2D eigenvalue weighted by Gasteiger charge is -2.20. The van der Waals surface area contributed by atoms with E-state index in [1.807, 2.05) is 6.07 Å². The van der Waals surface area contributed by atoms with Crippen LogP contribution in [0.4, 0.5) is 4.39 Å². The molecule has 24 heavy (non-hydrogen) atoms. The number of carbonyl (C=O) groups is 1. The predicted octanol–water partition coefficient (Wildman–Crippen LogP) is 1.74. The minimum Gasteiger partial charge on any atom is -0.322 e. The fraction of sp³-hybridized carbons (Fsp3) is 0.500. The van der Waals surface area contributed by atoms with Crippen LogP contribution in [-0.4, -0.2) is 49.2 Å². The first-order chi connectivity index (χ1) is 11.4. The fourth-order valence-corrected chi connectivity index (χ4v) is 4.50. The largest absolute Gasteiger partial charge is 0.322 e. The van der Waals surface area contributed by atoms with Gasteiger partial charge >= 0.3 is 0 Å². The van der Waals surface area contributed by atoms with E-state index in [4.69, 9.17) is 5.26 Å². The molecule has 1 saturated heterocycles. The number of nitriles is 1. The number of hydrogen-bond acceptors (Lipinski definition) is 4. The van der Waals surface area contributed by atoms with Gasteiger partial charge in [0.2, 0.25) is 10.0 Å². The zero-order chi connectivity index (χ0) is 17.3. The molecule has 0 spiro atoms. The van der Waals surface area contributed by atoms with E-state index in [1.165, 1.54) is 15.3 Å². The van der Waals surface area contributed by atoms with Gasteiger partial charge in [0, 0.05) is 24.7 Å². The van der Waals surface area contributed by atoms with Crippen LogP contribution in [-0.2, 0) is 10.0 Å². The quantitative estimate of drug-likeness (QED) is 0.757. The minimum absolute atomic E-state index is 0.0147. The topological polar surface area (TPSA) is 81.5 Å². The third-order valence-corrected chi connectivity index (χ3v) is 6.26. The molecule has 128 valence electrons. The highest BCUT2D eigenvalue weighted by molar-refractivity contribution is 7.89. The van der Waals surface area contributed by atoms with E-state index in [0.717, 1.165) is 37.8 Å². The second-order valence-electron chi connectivity index (χ2n) is 6.08. The van der Waals surface area contributed by atoms with Crippen LogP contribution in [0.3, 0.4) is 0 Å². The van der Waals surface area contributed by atoms with E-state index in [1.54, 1.807) is 0 Å². The molecule has 0 N–H and O–H groups in total. The predicted molar refractivity (Wildman–Crippen MR) is 84.1 cm³/mol. The standard InChI is InChI=1S/C16H18FN3O3S/c17-14-6-3-12(16(21)20(10-7-18)13-4-5-13)11-15(14)24(22,23)19-8-1-2-9-19/h3,6,11,13H,1-2,4-5,8-10H2. The Labute approximate surface area is 140 Å². The van der Waals surface area contributed by atoms with Crippen LogP contribution in [0.1, 0.15) is 36.0 Å². The highest BCUT2D eigenvalue weighted by Gasteiger charge is 2.34. The summed E-state index contributed by atoms with van der Waals surface area (Å²) >= 11 is 0. The van der Waals surface area contributed by atoms with Crippen molar-refractivity contribution in [3.8, 4) is 6.07 Å². The van der Waals surface area contributed by atoms with Crippen LogP contribution in [0.25, 0.3) is 0 Å². The maximum Gasteiger partial charge on any atom is 0.255 e. The van der Waals surface area contributed by atoms with Gasteiger partial charge < -0.3 is 4.90 Å². The molecule has 1 amide bonds. The smallest absolute Gasteiger partial charge is 0.255 e. The van der Waals surface area contributed by atoms with E-state index in [-0.39, 0.29) is 18.2 Å². The number of nitrogens with zero attached hydrogens (tertiary/aromatic N) is 3. The van der Waals surface area contributed by atoms with E-state index in [2.05, 4.69) is 0 Å². The number of halogens is 1. The molecule has 0 atom stereocenters. The molecule has 2 fully saturated rings. The van der Waals surface area contributed by atoms with Gasteiger partial charge in [-0.1, -0.05) is 0 Å². The molecule has 1 aliphatic carbocycles. The Morgan fingerprint density at radius 1 is 1.33 bits per heavy atom. The average molecular weight is 351 g/mol. The molecule has 0 unspecified atom stereocenters. The number of amides is 1. The van der Waals surface area contributed by atoms with Crippen molar-refractivity contribution >= 4 is 15.9 Å². The lowest BCUT2D eigenvalue weighted by molar-refractivity contribution is 0.0764. The Bertz CT molecular complexity index is 793. The third-order valence-electron chi connectivity index (χ3n) is 4.35. The van der Waals surface area contributed by atoms with Gasteiger partial charge in [-0.3, -0.25) is 4.79 Å². The molecule has 0 aromatic heterocycles. The summed E-state index contributed by atoms with van der Waals surface area (Å²) in [6.07, 6.45) is 3.15. The number of sulfonamides is 1. The summed E-state index contributed by atoms with van der Waals surface area (Å²) in [5, 5.41) is 8.87. The summed E-state index contributed by atoms with van der Waals surface area (Å²) in [5.41, 5.74) is 0.0938. The molecule has 2 aliphatic rings. The number of carbonyl (C=O) groups excluding carboxylic acids is 1. The molecule has 1 heterocycles. The number of benzene rings is 1. The summed E-state index contributed by atoms with van der Waals surface area (Å²) in [5.74, 6) is -1.30. The van der Waals surface area contributed by atoms with Gasteiger partial charge in [0.15, 0.2) is 0 Å². The van der Waals surface area contributed by atoms with Gasteiger partial charge in [0.1, 0.15) is 17.3 Å². The molecule has 1 aliphatic heterocycles. The van der Waals surface area contributed by atoms with Crippen molar-refractivity contribution in [2.75, 3.05) is 19.6 Å². The zero-order valence-corrected chi connectivity index (χ0v) is 13.9. The van der Waals surface area contributed by atoms with Crippen LogP contribution in [0.15, 0.2) is 23.1 Å². The van der Waals surface area contributed by atoms with Gasteiger partial charge in [-0.25, -0.2) is 12.8 Å². The van der Waals surface area contributed by atoms with E-state index in [0.29, 0.717) is 13.1 Å². The molecular weight excluding hydrogens is 333 g/mol. The van der Waals surface area contributed by atoms with Crippen molar-refractivity contribution in [2.45, 2.75) is 36.6 Å². The Morgan fingerprint density at radius 3 is 2.58 bits per heavy atom. The second kappa shape index (κ2) is 6.49. The molecular formula is C16H18FN3O3S. The van der Waals surface area contributed by atoms with Crippen LogP contribution < -0.4 is 0 Å². The molecule has 1 aromatic carbocycles. The van der Waals surface area contributed by atoms with Crippen molar-refractivity contribution in [1.82, 2.24) is 9.21 Å². The van der Waals surface area contributed by atoms with Crippen molar-refractivity contribution in [3.05, 3.63) is 29.6 Å². The highest BCUT2D eigenvalue weighted by atomic mass is 32.2. The molecule has 0 radical (unpaired) electrons. The summed E-state index contributed by atoms with van der Waals surface area (Å²) in [6, 6.07) is 5.33. The first kappa shape index (κ1) is 16.9. The first-order valence-corrected chi connectivity index (χ1v) is 9.37. The Kier molecular flexibility index (Phi) is 4.56. The molecule has 3 rings (SSSR count). The van der Waals surface area contributed by atoms with E-state index < -0.39 is 26.6 Å². The Balaban J connectivity index is 1.94. The first-order valence-electron chi connectivity index (χ1n) is 7.93. The monoisotopic (exact) mass is 351 g/mol. The minimum atomic E-state index is -3.95. The Hall–Kier alpha value is -1.98. The summed E-state index contributed by atoms with van der Waals surface area (Å²) < 4.78 is 40.5. The van der Waals surface area contributed by atoms with E-state index >= 15 is 0 Å². The maximum atomic E-state index is 14.1. The zero-order valence-electron chi connectivity index (χ0n) is 13.1. The van der Waals surface area contributed by atoms with Crippen LogP contribution in [0, 0.1) is 17.1 Å². The van der Waals surface area contributed by atoms with E-state index in [9.17, 15) is 17.6 Å². The third kappa shape index (κ3) is 3.14. The van der Waals surface area contributed by atoms with Gasteiger partial charge in [-0.05, 0) is 43.9 Å². The molecule has 8 heteroatoms. The fourth-order valence-electron chi connectivity index (χ4n) is 2.90. The average Bonchev–Trinajstić information content (AvgIpc) is 3.23. The summed E-state index contributed by atoms with van der Waals surface area (Å²) in [4.78, 5) is 13.5. The normalized spacial score (nSPS) is 18.3. The SMILES string of the molecule is N#CCN(C(=O)c1ccc(F)c(S(=O)(=O)N2CCCC2)c1)C1CC1. The van der Waals surface area contributed by atoms with Gasteiger partial charge in [0.05, 0.1) is 6.07 Å². The van der Waals surface area contributed by atoms with Gasteiger partial charge in [-0.15, -0.1) is 0 Å². The molecule has 0 bridgehead atoms.